The Morgan fingerprint density at radius 2 is 2.28 bits per heavy atom. The quantitative estimate of drug-likeness (QED) is 0.828. The second-order valence-electron chi connectivity index (χ2n) is 4.42. The normalized spacial score (nSPS) is 18.7. The molecule has 2 N–H and O–H groups in total. The summed E-state index contributed by atoms with van der Waals surface area (Å²) in [5.74, 6) is -0.829. The summed E-state index contributed by atoms with van der Waals surface area (Å²) in [4.78, 5) is 28.2. The molecule has 6 nitrogen and oxygen atoms in total. The van der Waals surface area contributed by atoms with Crippen LogP contribution in [0.25, 0.3) is 0 Å². The lowest BCUT2D eigenvalue weighted by atomic mass is 10.1. The number of carboxylic acids is 1. The molecule has 1 unspecified atom stereocenters. The van der Waals surface area contributed by atoms with E-state index in [0.717, 1.165) is 5.56 Å². The van der Waals surface area contributed by atoms with Crippen LogP contribution in [0.15, 0.2) is 18.3 Å². The maximum atomic E-state index is 11.8. The number of carbonyl (C=O) groups is 2. The molecule has 0 bridgehead atoms. The van der Waals surface area contributed by atoms with Crippen molar-refractivity contribution >= 4 is 17.8 Å². The van der Waals surface area contributed by atoms with Crippen molar-refractivity contribution in [3.05, 3.63) is 23.9 Å². The standard InChI is InChI=1S/C12H15N3O3/c1-8-2-3-10(13-6-8)14-12(18)15-5-4-9(7-15)11(16)17/h2-3,6,9H,4-5,7H2,1H3,(H,16,17)(H,13,14,18). The number of amides is 2. The molecule has 0 radical (unpaired) electrons. The highest BCUT2D eigenvalue weighted by Crippen LogP contribution is 2.17. The fraction of sp³-hybridized carbons (Fsp3) is 0.417. The van der Waals surface area contributed by atoms with Crippen LogP contribution in [-0.4, -0.2) is 40.1 Å². The number of hydrogen-bond acceptors (Lipinski definition) is 3. The van der Waals surface area contributed by atoms with E-state index in [1.54, 1.807) is 12.3 Å². The van der Waals surface area contributed by atoms with Crippen LogP contribution in [0.2, 0.25) is 0 Å². The Morgan fingerprint density at radius 3 is 2.83 bits per heavy atom. The minimum absolute atomic E-state index is 0.257. The number of urea groups is 1. The summed E-state index contributed by atoms with van der Waals surface area (Å²) in [6.07, 6.45) is 2.17. The molecule has 0 saturated carbocycles. The van der Waals surface area contributed by atoms with Gasteiger partial charge in [-0.05, 0) is 25.0 Å². The fourth-order valence-electron chi connectivity index (χ4n) is 1.88. The third kappa shape index (κ3) is 2.77. The van der Waals surface area contributed by atoms with Crippen LogP contribution in [0.5, 0.6) is 0 Å². The third-order valence-electron chi connectivity index (χ3n) is 2.97. The summed E-state index contributed by atoms with van der Waals surface area (Å²) in [5, 5.41) is 11.5. The Balaban J connectivity index is 1.93. The van der Waals surface area contributed by atoms with Gasteiger partial charge in [-0.1, -0.05) is 6.07 Å². The summed E-state index contributed by atoms with van der Waals surface area (Å²) in [6.45, 7) is 2.64. The lowest BCUT2D eigenvalue weighted by Gasteiger charge is -2.16. The van der Waals surface area contributed by atoms with Gasteiger partial charge in [0.15, 0.2) is 0 Å². The topological polar surface area (TPSA) is 82.5 Å². The predicted molar refractivity (Wildman–Crippen MR) is 65.3 cm³/mol. The second-order valence-corrected chi connectivity index (χ2v) is 4.42. The highest BCUT2D eigenvalue weighted by atomic mass is 16.4. The van der Waals surface area contributed by atoms with Gasteiger partial charge < -0.3 is 10.0 Å². The van der Waals surface area contributed by atoms with E-state index in [-0.39, 0.29) is 12.6 Å². The summed E-state index contributed by atoms with van der Waals surface area (Å²) in [5.41, 5.74) is 1.01. The lowest BCUT2D eigenvalue weighted by molar-refractivity contribution is -0.141. The first kappa shape index (κ1) is 12.3. The van der Waals surface area contributed by atoms with E-state index >= 15 is 0 Å². The van der Waals surface area contributed by atoms with Crippen LogP contribution < -0.4 is 5.32 Å². The number of nitrogens with zero attached hydrogens (tertiary/aromatic N) is 2. The number of carboxylic acid groups (broad SMARTS) is 1. The molecule has 1 aromatic rings. The van der Waals surface area contributed by atoms with Crippen molar-refractivity contribution in [1.82, 2.24) is 9.88 Å². The van der Waals surface area contributed by atoms with Gasteiger partial charge in [-0.2, -0.15) is 0 Å². The minimum Gasteiger partial charge on any atom is -0.481 e. The van der Waals surface area contributed by atoms with Gasteiger partial charge >= 0.3 is 12.0 Å². The zero-order valence-corrected chi connectivity index (χ0v) is 10.1. The van der Waals surface area contributed by atoms with Crippen molar-refractivity contribution in [2.75, 3.05) is 18.4 Å². The molecule has 2 amide bonds. The monoisotopic (exact) mass is 249 g/mol. The van der Waals surface area contributed by atoms with E-state index in [9.17, 15) is 9.59 Å². The van der Waals surface area contributed by atoms with Gasteiger partial charge in [0.05, 0.1) is 5.92 Å². The van der Waals surface area contributed by atoms with Crippen molar-refractivity contribution in [3.63, 3.8) is 0 Å². The Bertz CT molecular complexity index is 458. The van der Waals surface area contributed by atoms with Crippen LogP contribution in [-0.2, 0) is 4.79 Å². The first-order chi connectivity index (χ1) is 8.56. The van der Waals surface area contributed by atoms with Gasteiger partial charge in [-0.3, -0.25) is 10.1 Å². The van der Waals surface area contributed by atoms with Gasteiger partial charge in [-0.15, -0.1) is 0 Å². The fourth-order valence-corrected chi connectivity index (χ4v) is 1.88. The highest BCUT2D eigenvalue weighted by Gasteiger charge is 2.30. The molecule has 1 aliphatic heterocycles. The zero-order chi connectivity index (χ0) is 13.1. The van der Waals surface area contributed by atoms with Gasteiger partial charge in [0.25, 0.3) is 0 Å². The number of aromatic nitrogens is 1. The molecular formula is C12H15N3O3. The first-order valence-electron chi connectivity index (χ1n) is 5.77. The van der Waals surface area contributed by atoms with Gasteiger partial charge in [0, 0.05) is 19.3 Å². The van der Waals surface area contributed by atoms with Gasteiger partial charge in [0.2, 0.25) is 0 Å². The number of anilines is 1. The number of nitrogens with one attached hydrogen (secondary N) is 1. The molecule has 1 saturated heterocycles. The molecule has 1 atom stereocenters. The second kappa shape index (κ2) is 5.03. The maximum Gasteiger partial charge on any atom is 0.323 e. The third-order valence-corrected chi connectivity index (χ3v) is 2.97. The zero-order valence-electron chi connectivity index (χ0n) is 10.1. The average molecular weight is 249 g/mol. The van der Waals surface area contributed by atoms with Crippen molar-refractivity contribution in [3.8, 4) is 0 Å². The van der Waals surface area contributed by atoms with Crippen molar-refractivity contribution < 1.29 is 14.7 Å². The lowest BCUT2D eigenvalue weighted by Crippen LogP contribution is -2.34. The Kier molecular flexibility index (Phi) is 3.45. The molecule has 1 aromatic heterocycles. The number of aryl methyl sites for hydroxylation is 1. The smallest absolute Gasteiger partial charge is 0.323 e. The summed E-state index contributed by atoms with van der Waals surface area (Å²) >= 11 is 0. The van der Waals surface area contributed by atoms with E-state index in [1.807, 2.05) is 13.0 Å². The molecule has 0 spiro atoms. The molecule has 0 aromatic carbocycles. The number of aliphatic carboxylic acids is 1. The van der Waals surface area contributed by atoms with E-state index in [2.05, 4.69) is 10.3 Å². The average Bonchev–Trinajstić information content (AvgIpc) is 2.81. The first-order valence-corrected chi connectivity index (χ1v) is 5.77. The van der Waals surface area contributed by atoms with Crippen molar-refractivity contribution in [2.45, 2.75) is 13.3 Å². The minimum atomic E-state index is -0.848. The van der Waals surface area contributed by atoms with Crippen molar-refractivity contribution in [1.29, 1.82) is 0 Å². The van der Waals surface area contributed by atoms with Crippen LogP contribution in [0, 0.1) is 12.8 Å². The maximum absolute atomic E-state index is 11.8. The van der Waals surface area contributed by atoms with Crippen LogP contribution in [0.1, 0.15) is 12.0 Å². The summed E-state index contributed by atoms with van der Waals surface area (Å²) in [6, 6.07) is 3.28. The van der Waals surface area contributed by atoms with Gasteiger partial charge in [-0.25, -0.2) is 9.78 Å². The number of pyridine rings is 1. The van der Waals surface area contributed by atoms with Crippen LogP contribution in [0.3, 0.4) is 0 Å². The molecule has 1 fully saturated rings. The molecule has 0 aliphatic carbocycles. The SMILES string of the molecule is Cc1ccc(NC(=O)N2CCC(C(=O)O)C2)nc1. The van der Waals surface area contributed by atoms with Gasteiger partial charge in [0.1, 0.15) is 5.82 Å². The summed E-state index contributed by atoms with van der Waals surface area (Å²) < 4.78 is 0. The van der Waals surface area contributed by atoms with E-state index in [1.165, 1.54) is 4.90 Å². The Labute approximate surface area is 105 Å². The van der Waals surface area contributed by atoms with Crippen LogP contribution in [0.4, 0.5) is 10.6 Å². The molecule has 6 heteroatoms. The van der Waals surface area contributed by atoms with Crippen LogP contribution >= 0.6 is 0 Å². The number of rotatable bonds is 2. The molecule has 2 heterocycles. The highest BCUT2D eigenvalue weighted by molar-refractivity contribution is 5.89. The molecule has 2 rings (SSSR count). The molecule has 1 aliphatic rings. The molecular weight excluding hydrogens is 234 g/mol. The molecule has 18 heavy (non-hydrogen) atoms. The number of likely N-dealkylation sites (tertiary alicyclic amines) is 1. The predicted octanol–water partition coefficient (Wildman–Crippen LogP) is 1.33. The van der Waals surface area contributed by atoms with E-state index in [0.29, 0.717) is 18.8 Å². The van der Waals surface area contributed by atoms with E-state index in [4.69, 9.17) is 5.11 Å². The Hall–Kier alpha value is -2.11. The number of carbonyl (C=O) groups excluding carboxylic acids is 1. The largest absolute Gasteiger partial charge is 0.481 e. The Morgan fingerprint density at radius 1 is 1.50 bits per heavy atom. The summed E-state index contributed by atoms with van der Waals surface area (Å²) in [7, 11) is 0. The number of hydrogen-bond donors (Lipinski definition) is 2. The molecule has 96 valence electrons. The van der Waals surface area contributed by atoms with E-state index < -0.39 is 11.9 Å². The van der Waals surface area contributed by atoms with Crippen molar-refractivity contribution in [2.24, 2.45) is 5.92 Å².